The van der Waals surface area contributed by atoms with Crippen LogP contribution >= 0.6 is 39.0 Å². The molecule has 0 saturated heterocycles. The average molecular weight is 300 g/mol. The van der Waals surface area contributed by atoms with Crippen LogP contribution in [-0.4, -0.2) is 0 Å². The molecule has 0 spiro atoms. The molecule has 0 aliphatic carbocycles. The zero-order valence-corrected chi connectivity index (χ0v) is 11.2. The number of rotatable bonds is 3. The molecule has 15 heavy (non-hydrogen) atoms. The van der Waals surface area contributed by atoms with Gasteiger partial charge < -0.3 is 5.73 Å². The number of hydrogen-bond acceptors (Lipinski definition) is 3. The van der Waals surface area contributed by atoms with Gasteiger partial charge in [0.25, 0.3) is 0 Å². The molecule has 0 atom stereocenters. The molecule has 1 aromatic carbocycles. The van der Waals surface area contributed by atoms with Crippen molar-refractivity contribution in [1.82, 2.24) is 0 Å². The molecular weight excluding hydrogens is 290 g/mol. The van der Waals surface area contributed by atoms with Gasteiger partial charge in [0, 0.05) is 15.9 Å². The molecule has 78 valence electrons. The molecule has 0 fully saturated rings. The van der Waals surface area contributed by atoms with Crippen LogP contribution in [0.15, 0.2) is 49.3 Å². The van der Waals surface area contributed by atoms with E-state index < -0.39 is 0 Å². The zero-order chi connectivity index (χ0) is 10.7. The van der Waals surface area contributed by atoms with E-state index in [4.69, 9.17) is 5.73 Å². The van der Waals surface area contributed by atoms with Gasteiger partial charge in [0.2, 0.25) is 0 Å². The lowest BCUT2D eigenvalue weighted by Crippen LogP contribution is -1.95. The summed E-state index contributed by atoms with van der Waals surface area (Å²) in [6.07, 6.45) is 0. The Balaban J connectivity index is 2.22. The number of halogens is 1. The van der Waals surface area contributed by atoms with Crippen LogP contribution in [0.4, 0.5) is 0 Å². The first-order valence-corrected chi connectivity index (χ1v) is 6.98. The molecule has 4 heteroatoms. The normalized spacial score (nSPS) is 10.5. The van der Waals surface area contributed by atoms with Crippen molar-refractivity contribution in [2.45, 2.75) is 15.6 Å². The van der Waals surface area contributed by atoms with E-state index in [1.165, 1.54) is 9.10 Å². The highest BCUT2D eigenvalue weighted by Gasteiger charge is 2.03. The van der Waals surface area contributed by atoms with Crippen LogP contribution in [0.2, 0.25) is 0 Å². The fourth-order valence-corrected chi connectivity index (χ4v) is 3.59. The lowest BCUT2D eigenvalue weighted by Gasteiger charge is -2.04. The SMILES string of the molecule is NCc1ccc(Sc2cccs2)c(Br)c1. The second-order valence-corrected chi connectivity index (χ2v) is 6.15. The Kier molecular flexibility index (Phi) is 3.86. The Hall–Kier alpha value is -0.290. The Labute approximate surface area is 106 Å². The van der Waals surface area contributed by atoms with Crippen molar-refractivity contribution in [2.75, 3.05) is 0 Å². The highest BCUT2D eigenvalue weighted by Crippen LogP contribution is 2.36. The maximum atomic E-state index is 5.58. The summed E-state index contributed by atoms with van der Waals surface area (Å²) in [6, 6.07) is 10.4. The quantitative estimate of drug-likeness (QED) is 0.922. The van der Waals surface area contributed by atoms with E-state index in [1.807, 2.05) is 0 Å². The summed E-state index contributed by atoms with van der Waals surface area (Å²) in [5.41, 5.74) is 6.73. The molecule has 1 nitrogen and oxygen atoms in total. The summed E-state index contributed by atoms with van der Waals surface area (Å²) >= 11 is 7.09. The maximum absolute atomic E-state index is 5.58. The molecule has 0 saturated carbocycles. The van der Waals surface area contributed by atoms with Gasteiger partial charge in [0.05, 0.1) is 4.21 Å². The number of thiophene rings is 1. The van der Waals surface area contributed by atoms with Gasteiger partial charge in [-0.05, 0) is 45.1 Å². The third-order valence-corrected chi connectivity index (χ3v) is 4.97. The zero-order valence-electron chi connectivity index (χ0n) is 7.94. The fraction of sp³-hybridized carbons (Fsp3) is 0.0909. The predicted octanol–water partition coefficient (Wildman–Crippen LogP) is 4.12. The lowest BCUT2D eigenvalue weighted by atomic mass is 10.2. The van der Waals surface area contributed by atoms with Crippen molar-refractivity contribution in [1.29, 1.82) is 0 Å². The Morgan fingerprint density at radius 1 is 1.33 bits per heavy atom. The van der Waals surface area contributed by atoms with Gasteiger partial charge in [0.1, 0.15) is 0 Å². The van der Waals surface area contributed by atoms with E-state index in [9.17, 15) is 0 Å². The van der Waals surface area contributed by atoms with Gasteiger partial charge in [-0.2, -0.15) is 0 Å². The summed E-state index contributed by atoms with van der Waals surface area (Å²) < 4.78 is 2.42. The van der Waals surface area contributed by atoms with E-state index in [-0.39, 0.29) is 0 Å². The minimum absolute atomic E-state index is 0.586. The molecule has 2 N–H and O–H groups in total. The molecule has 0 bridgehead atoms. The van der Waals surface area contributed by atoms with E-state index in [1.54, 1.807) is 23.1 Å². The Bertz CT molecular complexity index is 440. The molecule has 0 aliphatic rings. The van der Waals surface area contributed by atoms with Gasteiger partial charge in [0.15, 0.2) is 0 Å². The maximum Gasteiger partial charge on any atom is 0.0646 e. The van der Waals surface area contributed by atoms with Crippen molar-refractivity contribution >= 4 is 39.0 Å². The van der Waals surface area contributed by atoms with Gasteiger partial charge in [-0.3, -0.25) is 0 Å². The summed E-state index contributed by atoms with van der Waals surface area (Å²) in [6.45, 7) is 0.586. The van der Waals surface area contributed by atoms with E-state index >= 15 is 0 Å². The van der Waals surface area contributed by atoms with Gasteiger partial charge in [-0.15, -0.1) is 11.3 Å². The van der Waals surface area contributed by atoms with E-state index in [0.717, 1.165) is 10.0 Å². The van der Waals surface area contributed by atoms with Crippen LogP contribution in [0.3, 0.4) is 0 Å². The lowest BCUT2D eigenvalue weighted by molar-refractivity contribution is 1.06. The largest absolute Gasteiger partial charge is 0.326 e. The average Bonchev–Trinajstić information content (AvgIpc) is 2.74. The third-order valence-electron chi connectivity index (χ3n) is 1.94. The first kappa shape index (κ1) is 11.2. The number of hydrogen-bond donors (Lipinski definition) is 1. The number of benzene rings is 1. The Morgan fingerprint density at radius 3 is 2.80 bits per heavy atom. The molecule has 0 aliphatic heterocycles. The van der Waals surface area contributed by atoms with Crippen molar-refractivity contribution in [3.8, 4) is 0 Å². The first-order chi connectivity index (χ1) is 7.29. The number of nitrogens with two attached hydrogens (primary N) is 1. The van der Waals surface area contributed by atoms with E-state index in [0.29, 0.717) is 6.54 Å². The second-order valence-electron chi connectivity index (χ2n) is 3.00. The topological polar surface area (TPSA) is 26.0 Å². The highest BCUT2D eigenvalue weighted by atomic mass is 79.9. The molecule has 2 rings (SSSR count). The summed E-state index contributed by atoms with van der Waals surface area (Å²) in [5.74, 6) is 0. The minimum Gasteiger partial charge on any atom is -0.326 e. The van der Waals surface area contributed by atoms with Gasteiger partial charge >= 0.3 is 0 Å². The smallest absolute Gasteiger partial charge is 0.0646 e. The molecule has 2 aromatic rings. The van der Waals surface area contributed by atoms with Crippen LogP contribution in [0.1, 0.15) is 5.56 Å². The summed E-state index contributed by atoms with van der Waals surface area (Å²) in [7, 11) is 0. The molecule has 1 aromatic heterocycles. The van der Waals surface area contributed by atoms with Crippen molar-refractivity contribution < 1.29 is 0 Å². The van der Waals surface area contributed by atoms with E-state index in [2.05, 4.69) is 51.6 Å². The van der Waals surface area contributed by atoms with Crippen molar-refractivity contribution in [2.24, 2.45) is 5.73 Å². The molecular formula is C11H10BrNS2. The van der Waals surface area contributed by atoms with Gasteiger partial charge in [-0.25, -0.2) is 0 Å². The molecule has 0 unspecified atom stereocenters. The van der Waals surface area contributed by atoms with Crippen LogP contribution in [-0.2, 0) is 6.54 Å². The fourth-order valence-electron chi connectivity index (χ4n) is 1.18. The first-order valence-electron chi connectivity index (χ1n) is 4.49. The third kappa shape index (κ3) is 2.84. The van der Waals surface area contributed by atoms with Crippen LogP contribution in [0, 0.1) is 0 Å². The molecule has 0 radical (unpaired) electrons. The van der Waals surface area contributed by atoms with Crippen LogP contribution in [0.5, 0.6) is 0 Å². The minimum atomic E-state index is 0.586. The van der Waals surface area contributed by atoms with Crippen molar-refractivity contribution in [3.63, 3.8) is 0 Å². The highest BCUT2D eigenvalue weighted by molar-refractivity contribution is 9.10. The van der Waals surface area contributed by atoms with Gasteiger partial charge in [-0.1, -0.05) is 23.9 Å². The van der Waals surface area contributed by atoms with Crippen molar-refractivity contribution in [3.05, 3.63) is 45.7 Å². The summed E-state index contributed by atoms with van der Waals surface area (Å²) in [5, 5.41) is 2.09. The standard InChI is InChI=1S/C11H10BrNS2/c12-9-6-8(7-13)3-4-10(9)15-11-2-1-5-14-11/h1-6H,7,13H2. The second kappa shape index (κ2) is 5.16. The van der Waals surface area contributed by atoms with Crippen LogP contribution in [0.25, 0.3) is 0 Å². The monoisotopic (exact) mass is 299 g/mol. The Morgan fingerprint density at radius 2 is 2.20 bits per heavy atom. The predicted molar refractivity (Wildman–Crippen MR) is 70.5 cm³/mol. The molecule has 1 heterocycles. The molecule has 0 amide bonds. The summed E-state index contributed by atoms with van der Waals surface area (Å²) in [4.78, 5) is 1.23. The van der Waals surface area contributed by atoms with Crippen LogP contribution < -0.4 is 5.73 Å².